The number of aryl methyl sites for hydroxylation is 1. The molecule has 3 heterocycles. The number of fused-ring (bicyclic) bond motifs is 2. The highest BCUT2D eigenvalue weighted by Gasteiger charge is 2.23. The molecule has 2 aliphatic rings. The quantitative estimate of drug-likeness (QED) is 0.654. The number of benzene rings is 2. The van der Waals surface area contributed by atoms with Crippen LogP contribution in [0.3, 0.4) is 0 Å². The van der Waals surface area contributed by atoms with Crippen LogP contribution in [0.5, 0.6) is 11.5 Å². The van der Waals surface area contributed by atoms with Gasteiger partial charge in [0.1, 0.15) is 11.6 Å². The largest absolute Gasteiger partial charge is 0.454 e. The highest BCUT2D eigenvalue weighted by molar-refractivity contribution is 6.08. The Morgan fingerprint density at radius 1 is 1.07 bits per heavy atom. The van der Waals surface area contributed by atoms with Crippen molar-refractivity contribution in [1.29, 1.82) is 0 Å². The lowest BCUT2D eigenvalue weighted by atomic mass is 10.0. The maximum Gasteiger partial charge on any atom is 0.259 e. The number of hydrogen-bond donors (Lipinski definition) is 1. The summed E-state index contributed by atoms with van der Waals surface area (Å²) in [7, 11) is 0. The van der Waals surface area contributed by atoms with Crippen LogP contribution < -0.4 is 15.0 Å². The Morgan fingerprint density at radius 2 is 1.90 bits per heavy atom. The van der Waals surface area contributed by atoms with E-state index in [1.54, 1.807) is 0 Å². The van der Waals surface area contributed by atoms with Gasteiger partial charge in [-0.05, 0) is 72.4 Å². The Morgan fingerprint density at radius 3 is 2.72 bits per heavy atom. The standard InChI is InChI=1S/C24H23N3O2/c1-15-3-5-22-20(11-15)26-24(28)19-12-17(4-6-21(19)29-22)18-7-9-25-23(13-18)27-10-8-16(2)14-27/h3-7,9,11-13,16H,8,10,14H2,1-2H3,(H,26,28)/t16-/m0/s1. The zero-order valence-electron chi connectivity index (χ0n) is 16.6. The number of carbonyl (C=O) groups is 1. The Hall–Kier alpha value is -3.34. The Labute approximate surface area is 170 Å². The van der Waals surface area contributed by atoms with Gasteiger partial charge in [-0.3, -0.25) is 4.79 Å². The van der Waals surface area contributed by atoms with Crippen molar-refractivity contribution in [2.75, 3.05) is 23.3 Å². The van der Waals surface area contributed by atoms with Crippen LogP contribution in [0.1, 0.15) is 29.3 Å². The zero-order chi connectivity index (χ0) is 20.0. The van der Waals surface area contributed by atoms with Crippen LogP contribution in [0.15, 0.2) is 54.7 Å². The zero-order valence-corrected chi connectivity index (χ0v) is 16.6. The lowest BCUT2D eigenvalue weighted by Crippen LogP contribution is -2.20. The van der Waals surface area contributed by atoms with Gasteiger partial charge in [0, 0.05) is 19.3 Å². The number of anilines is 2. The highest BCUT2D eigenvalue weighted by Crippen LogP contribution is 2.38. The number of carbonyl (C=O) groups excluding carboxylic acids is 1. The number of aromatic nitrogens is 1. The maximum atomic E-state index is 12.9. The van der Waals surface area contributed by atoms with Crippen LogP contribution in [0.4, 0.5) is 11.5 Å². The van der Waals surface area contributed by atoms with E-state index in [-0.39, 0.29) is 5.91 Å². The molecule has 5 heteroatoms. The van der Waals surface area contributed by atoms with Gasteiger partial charge in [-0.15, -0.1) is 0 Å². The minimum Gasteiger partial charge on any atom is -0.454 e. The van der Waals surface area contributed by atoms with Crippen LogP contribution in [0.25, 0.3) is 11.1 Å². The minimum absolute atomic E-state index is 0.158. The lowest BCUT2D eigenvalue weighted by Gasteiger charge is -2.18. The molecule has 5 rings (SSSR count). The number of rotatable bonds is 2. The third-order valence-electron chi connectivity index (χ3n) is 5.65. The Bertz CT molecular complexity index is 1110. The van der Waals surface area contributed by atoms with E-state index in [2.05, 4.69) is 28.2 Å². The van der Waals surface area contributed by atoms with Gasteiger partial charge in [0.25, 0.3) is 5.91 Å². The summed E-state index contributed by atoms with van der Waals surface area (Å²) in [6, 6.07) is 15.6. The van der Waals surface area contributed by atoms with Gasteiger partial charge >= 0.3 is 0 Å². The van der Waals surface area contributed by atoms with Gasteiger partial charge in [0.15, 0.2) is 5.75 Å². The van der Waals surface area contributed by atoms with Gasteiger partial charge in [0.2, 0.25) is 0 Å². The van der Waals surface area contributed by atoms with Gasteiger partial charge in [-0.1, -0.05) is 19.1 Å². The van der Waals surface area contributed by atoms with Crippen LogP contribution in [0, 0.1) is 12.8 Å². The fourth-order valence-corrected chi connectivity index (χ4v) is 4.03. The predicted molar refractivity (Wildman–Crippen MR) is 115 cm³/mol. The average Bonchev–Trinajstić information content (AvgIpc) is 3.11. The lowest BCUT2D eigenvalue weighted by molar-refractivity contribution is 0.102. The first-order chi connectivity index (χ1) is 14.1. The topological polar surface area (TPSA) is 54.5 Å². The van der Waals surface area contributed by atoms with Crippen molar-refractivity contribution in [3.8, 4) is 22.6 Å². The first kappa shape index (κ1) is 17.7. The molecule has 29 heavy (non-hydrogen) atoms. The van der Waals surface area contributed by atoms with Gasteiger partial charge in [-0.2, -0.15) is 0 Å². The van der Waals surface area contributed by atoms with E-state index in [1.807, 2.05) is 55.6 Å². The van der Waals surface area contributed by atoms with E-state index in [0.717, 1.165) is 35.6 Å². The molecule has 1 amide bonds. The fourth-order valence-electron chi connectivity index (χ4n) is 4.03. The molecular weight excluding hydrogens is 362 g/mol. The third-order valence-corrected chi connectivity index (χ3v) is 5.65. The van der Waals surface area contributed by atoms with Crippen molar-refractivity contribution in [3.05, 3.63) is 65.9 Å². The van der Waals surface area contributed by atoms with E-state index in [1.165, 1.54) is 6.42 Å². The van der Waals surface area contributed by atoms with Crippen LogP contribution in [-0.4, -0.2) is 24.0 Å². The average molecular weight is 385 g/mol. The minimum atomic E-state index is -0.158. The molecule has 1 aromatic heterocycles. The summed E-state index contributed by atoms with van der Waals surface area (Å²) in [6.45, 7) is 6.34. The van der Waals surface area contributed by atoms with Crippen molar-refractivity contribution in [2.24, 2.45) is 5.92 Å². The van der Waals surface area contributed by atoms with Crippen molar-refractivity contribution in [3.63, 3.8) is 0 Å². The molecule has 0 aliphatic carbocycles. The maximum absolute atomic E-state index is 12.9. The first-order valence-corrected chi connectivity index (χ1v) is 10.0. The van der Waals surface area contributed by atoms with Crippen molar-refractivity contribution in [1.82, 2.24) is 4.98 Å². The molecule has 0 spiro atoms. The van der Waals surface area contributed by atoms with Gasteiger partial charge in [-0.25, -0.2) is 4.98 Å². The molecule has 0 radical (unpaired) electrons. The Kier molecular flexibility index (Phi) is 4.23. The molecular formula is C24H23N3O2. The summed E-state index contributed by atoms with van der Waals surface area (Å²) in [6.07, 6.45) is 3.04. The number of nitrogens with one attached hydrogen (secondary N) is 1. The monoisotopic (exact) mass is 385 g/mol. The second-order valence-corrected chi connectivity index (χ2v) is 8.01. The fraction of sp³-hybridized carbons (Fsp3) is 0.250. The smallest absolute Gasteiger partial charge is 0.259 e. The number of hydrogen-bond acceptors (Lipinski definition) is 4. The van der Waals surface area contributed by atoms with Crippen LogP contribution in [-0.2, 0) is 0 Å². The first-order valence-electron chi connectivity index (χ1n) is 10.0. The summed E-state index contributed by atoms with van der Waals surface area (Å²) in [5.41, 5.74) is 4.31. The number of ether oxygens (including phenoxy) is 1. The molecule has 5 nitrogen and oxygen atoms in total. The molecule has 2 aromatic carbocycles. The molecule has 146 valence electrons. The van der Waals surface area contributed by atoms with E-state index < -0.39 is 0 Å². The van der Waals surface area contributed by atoms with Gasteiger partial charge in [0.05, 0.1) is 11.3 Å². The van der Waals surface area contributed by atoms with Crippen molar-refractivity contribution in [2.45, 2.75) is 20.3 Å². The van der Waals surface area contributed by atoms with E-state index in [0.29, 0.717) is 28.7 Å². The van der Waals surface area contributed by atoms with Crippen molar-refractivity contribution < 1.29 is 9.53 Å². The molecule has 1 fully saturated rings. The SMILES string of the molecule is Cc1ccc2c(c1)NC(=O)c1cc(-c3ccnc(N4CC[C@H](C)C4)c3)ccc1O2. The highest BCUT2D eigenvalue weighted by atomic mass is 16.5. The summed E-state index contributed by atoms with van der Waals surface area (Å²) in [5, 5.41) is 2.97. The third kappa shape index (κ3) is 3.33. The summed E-state index contributed by atoms with van der Waals surface area (Å²) < 4.78 is 6.03. The van der Waals surface area contributed by atoms with E-state index in [4.69, 9.17) is 4.74 Å². The van der Waals surface area contributed by atoms with E-state index in [9.17, 15) is 4.79 Å². The molecule has 0 unspecified atom stereocenters. The molecule has 1 saturated heterocycles. The molecule has 0 saturated carbocycles. The number of pyridine rings is 1. The molecule has 1 atom stereocenters. The second kappa shape index (κ2) is 6.92. The second-order valence-electron chi connectivity index (χ2n) is 8.01. The normalized spacial score (nSPS) is 17.8. The molecule has 1 N–H and O–H groups in total. The summed E-state index contributed by atoms with van der Waals surface area (Å²) >= 11 is 0. The summed E-state index contributed by atoms with van der Waals surface area (Å²) in [5.74, 6) is 2.75. The molecule has 0 bridgehead atoms. The molecule has 2 aliphatic heterocycles. The van der Waals surface area contributed by atoms with Gasteiger partial charge < -0.3 is 15.0 Å². The summed E-state index contributed by atoms with van der Waals surface area (Å²) in [4.78, 5) is 19.7. The van der Waals surface area contributed by atoms with Crippen LogP contribution >= 0.6 is 0 Å². The Balaban J connectivity index is 1.50. The predicted octanol–water partition coefficient (Wildman–Crippen LogP) is 5.26. The number of amides is 1. The van der Waals surface area contributed by atoms with Crippen molar-refractivity contribution >= 4 is 17.4 Å². The number of nitrogens with zero attached hydrogens (tertiary/aromatic N) is 2. The molecule has 3 aromatic rings. The van der Waals surface area contributed by atoms with E-state index >= 15 is 0 Å². The van der Waals surface area contributed by atoms with Crippen LogP contribution in [0.2, 0.25) is 0 Å².